The number of thiophene rings is 1. The van der Waals surface area contributed by atoms with Crippen LogP contribution in [0.25, 0.3) is 10.2 Å². The van der Waals surface area contributed by atoms with Crippen LogP contribution >= 0.6 is 11.3 Å². The second kappa shape index (κ2) is 8.32. The third-order valence-corrected chi connectivity index (χ3v) is 6.24. The molecule has 1 aliphatic rings. The number of esters is 1. The van der Waals surface area contributed by atoms with Crippen LogP contribution < -0.4 is 5.32 Å². The Morgan fingerprint density at radius 1 is 1.28 bits per heavy atom. The number of hydrogen-bond acceptors (Lipinski definition) is 5. The molecule has 1 saturated carbocycles. The SMILES string of the molecule is Cc1nn(Cc2ccc(F)cc2)c2sc(C(=O)OCC(=O)NC3CCCC3)cc12. The lowest BCUT2D eigenvalue weighted by Gasteiger charge is -2.11. The summed E-state index contributed by atoms with van der Waals surface area (Å²) < 4.78 is 20.1. The molecule has 6 nitrogen and oxygen atoms in total. The van der Waals surface area contributed by atoms with Crippen molar-refractivity contribution in [3.05, 3.63) is 52.3 Å². The summed E-state index contributed by atoms with van der Waals surface area (Å²) in [5.74, 6) is -1.06. The number of aryl methyl sites for hydroxylation is 1. The van der Waals surface area contributed by atoms with Gasteiger partial charge in [0, 0.05) is 11.4 Å². The number of nitrogens with one attached hydrogen (secondary N) is 1. The van der Waals surface area contributed by atoms with Crippen LogP contribution in [0.1, 0.15) is 46.6 Å². The van der Waals surface area contributed by atoms with Crippen LogP contribution in [0, 0.1) is 12.7 Å². The van der Waals surface area contributed by atoms with Gasteiger partial charge in [-0.05, 0) is 43.5 Å². The first-order chi connectivity index (χ1) is 14.0. The van der Waals surface area contributed by atoms with Crippen molar-refractivity contribution in [3.63, 3.8) is 0 Å². The minimum absolute atomic E-state index is 0.200. The Morgan fingerprint density at radius 2 is 2.00 bits per heavy atom. The Labute approximate surface area is 171 Å². The normalized spacial score (nSPS) is 14.4. The number of nitrogens with zero attached hydrogens (tertiary/aromatic N) is 2. The smallest absolute Gasteiger partial charge is 0.348 e. The molecule has 1 amide bonds. The van der Waals surface area contributed by atoms with Crippen LogP contribution in [-0.4, -0.2) is 34.3 Å². The van der Waals surface area contributed by atoms with Crippen molar-refractivity contribution in [3.8, 4) is 0 Å². The van der Waals surface area contributed by atoms with E-state index in [2.05, 4.69) is 10.4 Å². The standard InChI is InChI=1S/C21H22FN3O3S/c1-13-17-10-18(21(27)28-12-19(26)23-16-4-2-3-5-16)29-20(17)25(24-13)11-14-6-8-15(22)9-7-14/h6-10,16H,2-5,11-12H2,1H3,(H,23,26). The highest BCUT2D eigenvalue weighted by atomic mass is 32.1. The fraction of sp³-hybridized carbons (Fsp3) is 0.381. The molecule has 2 aromatic heterocycles. The molecule has 1 aromatic carbocycles. The molecule has 0 unspecified atom stereocenters. The largest absolute Gasteiger partial charge is 0.451 e. The van der Waals surface area contributed by atoms with Gasteiger partial charge in [0.05, 0.1) is 12.2 Å². The van der Waals surface area contributed by atoms with Crippen LogP contribution in [0.3, 0.4) is 0 Å². The predicted molar refractivity (Wildman–Crippen MR) is 109 cm³/mol. The molecule has 0 bridgehead atoms. The van der Waals surface area contributed by atoms with Crippen molar-refractivity contribution in [1.82, 2.24) is 15.1 Å². The molecule has 0 spiro atoms. The summed E-state index contributed by atoms with van der Waals surface area (Å²) in [6, 6.07) is 8.20. The summed E-state index contributed by atoms with van der Waals surface area (Å²) in [5.41, 5.74) is 1.72. The zero-order valence-corrected chi connectivity index (χ0v) is 16.9. The molecule has 0 atom stereocenters. The zero-order valence-electron chi connectivity index (χ0n) is 16.1. The summed E-state index contributed by atoms with van der Waals surface area (Å²) in [4.78, 5) is 25.7. The molecule has 1 aliphatic carbocycles. The number of benzene rings is 1. The number of halogens is 1. The number of aromatic nitrogens is 2. The summed E-state index contributed by atoms with van der Waals surface area (Å²) in [7, 11) is 0. The third kappa shape index (κ3) is 4.48. The number of rotatable bonds is 6. The van der Waals surface area contributed by atoms with E-state index in [0.717, 1.165) is 47.2 Å². The number of carbonyl (C=O) groups is 2. The van der Waals surface area contributed by atoms with Gasteiger partial charge in [0.15, 0.2) is 6.61 Å². The van der Waals surface area contributed by atoms with Crippen molar-refractivity contribution in [1.29, 1.82) is 0 Å². The Kier molecular flexibility index (Phi) is 5.62. The van der Waals surface area contributed by atoms with E-state index in [9.17, 15) is 14.0 Å². The minimum Gasteiger partial charge on any atom is -0.451 e. The quantitative estimate of drug-likeness (QED) is 0.622. The first-order valence-corrected chi connectivity index (χ1v) is 10.5. The van der Waals surface area contributed by atoms with Crippen LogP contribution in [0.15, 0.2) is 30.3 Å². The monoisotopic (exact) mass is 415 g/mol. The van der Waals surface area contributed by atoms with E-state index in [1.54, 1.807) is 22.9 Å². The van der Waals surface area contributed by atoms with E-state index in [1.807, 2.05) is 6.92 Å². The van der Waals surface area contributed by atoms with Gasteiger partial charge in [0.1, 0.15) is 15.5 Å². The first-order valence-electron chi connectivity index (χ1n) is 9.67. The highest BCUT2D eigenvalue weighted by Gasteiger charge is 2.20. The average Bonchev–Trinajstić information content (AvgIpc) is 3.41. The molecule has 0 saturated heterocycles. The van der Waals surface area contributed by atoms with E-state index in [1.165, 1.54) is 23.5 Å². The van der Waals surface area contributed by atoms with Crippen LogP contribution in [0.4, 0.5) is 4.39 Å². The second-order valence-electron chi connectivity index (χ2n) is 7.32. The van der Waals surface area contributed by atoms with Gasteiger partial charge in [-0.25, -0.2) is 9.18 Å². The summed E-state index contributed by atoms with van der Waals surface area (Å²) >= 11 is 1.28. The molecule has 8 heteroatoms. The molecule has 1 fully saturated rings. The summed E-state index contributed by atoms with van der Waals surface area (Å²) in [6.07, 6.45) is 4.22. The Hall–Kier alpha value is -2.74. The van der Waals surface area contributed by atoms with Gasteiger partial charge in [-0.3, -0.25) is 9.48 Å². The molecule has 0 aliphatic heterocycles. The maximum atomic E-state index is 13.1. The van der Waals surface area contributed by atoms with Crippen LogP contribution in [-0.2, 0) is 16.1 Å². The van der Waals surface area contributed by atoms with E-state index in [0.29, 0.717) is 11.4 Å². The van der Waals surface area contributed by atoms with Gasteiger partial charge in [-0.1, -0.05) is 25.0 Å². The molecule has 1 N–H and O–H groups in total. The summed E-state index contributed by atoms with van der Waals surface area (Å²) in [6.45, 7) is 2.08. The fourth-order valence-corrected chi connectivity index (χ4v) is 4.68. The highest BCUT2D eigenvalue weighted by Crippen LogP contribution is 2.29. The lowest BCUT2D eigenvalue weighted by atomic mass is 10.2. The Bertz CT molecular complexity index is 1040. The van der Waals surface area contributed by atoms with Crippen LogP contribution in [0.5, 0.6) is 0 Å². The first kappa shape index (κ1) is 19.6. The maximum Gasteiger partial charge on any atom is 0.348 e. The van der Waals surface area contributed by atoms with Gasteiger partial charge >= 0.3 is 5.97 Å². The molecule has 4 rings (SSSR count). The Morgan fingerprint density at radius 3 is 2.72 bits per heavy atom. The van der Waals surface area contributed by atoms with Gasteiger partial charge in [-0.15, -0.1) is 11.3 Å². The van der Waals surface area contributed by atoms with Gasteiger partial charge in [0.2, 0.25) is 0 Å². The van der Waals surface area contributed by atoms with Crippen molar-refractivity contribution in [2.45, 2.75) is 45.2 Å². The van der Waals surface area contributed by atoms with Crippen LogP contribution in [0.2, 0.25) is 0 Å². The molecule has 0 radical (unpaired) electrons. The lowest BCUT2D eigenvalue weighted by Crippen LogP contribution is -2.35. The number of ether oxygens (including phenoxy) is 1. The fourth-order valence-electron chi connectivity index (χ4n) is 3.62. The third-order valence-electron chi connectivity index (χ3n) is 5.11. The predicted octanol–water partition coefficient (Wildman–Crippen LogP) is 3.81. The van der Waals surface area contributed by atoms with E-state index in [4.69, 9.17) is 4.74 Å². The number of amides is 1. The topological polar surface area (TPSA) is 73.2 Å². The highest BCUT2D eigenvalue weighted by molar-refractivity contribution is 7.20. The lowest BCUT2D eigenvalue weighted by molar-refractivity contribution is -0.124. The molecular weight excluding hydrogens is 393 g/mol. The van der Waals surface area contributed by atoms with Crippen molar-refractivity contribution in [2.75, 3.05) is 6.61 Å². The van der Waals surface area contributed by atoms with Crippen molar-refractivity contribution < 1.29 is 18.7 Å². The Balaban J connectivity index is 1.43. The van der Waals surface area contributed by atoms with Gasteiger partial charge in [0.25, 0.3) is 5.91 Å². The van der Waals surface area contributed by atoms with Gasteiger partial charge in [-0.2, -0.15) is 5.10 Å². The number of hydrogen-bond donors (Lipinski definition) is 1. The average molecular weight is 415 g/mol. The van der Waals surface area contributed by atoms with E-state index >= 15 is 0 Å². The molecule has 2 heterocycles. The van der Waals surface area contributed by atoms with E-state index < -0.39 is 5.97 Å². The maximum absolute atomic E-state index is 13.1. The van der Waals surface area contributed by atoms with Crippen molar-refractivity contribution in [2.24, 2.45) is 0 Å². The van der Waals surface area contributed by atoms with Crippen molar-refractivity contribution >= 4 is 33.4 Å². The zero-order chi connectivity index (χ0) is 20.4. The molecule has 29 heavy (non-hydrogen) atoms. The molecule has 3 aromatic rings. The summed E-state index contributed by atoms with van der Waals surface area (Å²) in [5, 5.41) is 8.29. The van der Waals surface area contributed by atoms with E-state index in [-0.39, 0.29) is 24.4 Å². The molecule has 152 valence electrons. The van der Waals surface area contributed by atoms with Gasteiger partial charge < -0.3 is 10.1 Å². The second-order valence-corrected chi connectivity index (χ2v) is 8.35. The number of fused-ring (bicyclic) bond motifs is 1. The molecular formula is C21H22FN3O3S. The number of carbonyl (C=O) groups excluding carboxylic acids is 2. The minimum atomic E-state index is -0.513.